The Balaban J connectivity index is 2.08. The van der Waals surface area contributed by atoms with Crippen LogP contribution in [0.5, 0.6) is 5.75 Å². The molecule has 0 aliphatic carbocycles. The van der Waals surface area contributed by atoms with E-state index < -0.39 is 10.8 Å². The highest BCUT2D eigenvalue weighted by Crippen LogP contribution is 2.29. The van der Waals surface area contributed by atoms with Crippen molar-refractivity contribution in [2.75, 3.05) is 12.4 Å². The molecular formula is C17H15N5O4. The van der Waals surface area contributed by atoms with Crippen molar-refractivity contribution in [3.63, 3.8) is 0 Å². The van der Waals surface area contributed by atoms with Crippen molar-refractivity contribution in [2.24, 2.45) is 0 Å². The quantitative estimate of drug-likeness (QED) is 0.337. The number of hydrogen-bond acceptors (Lipinski definition) is 7. The number of carbonyl (C=O) groups excluding carboxylic acids is 1. The third-order valence-electron chi connectivity index (χ3n) is 3.31. The second kappa shape index (κ2) is 8.79. The van der Waals surface area contributed by atoms with Gasteiger partial charge in [0.25, 0.3) is 11.6 Å². The third-order valence-corrected chi connectivity index (χ3v) is 3.31. The van der Waals surface area contributed by atoms with E-state index in [9.17, 15) is 14.9 Å². The fourth-order valence-corrected chi connectivity index (χ4v) is 1.99. The van der Waals surface area contributed by atoms with Crippen LogP contribution in [0.1, 0.15) is 5.56 Å². The van der Waals surface area contributed by atoms with Crippen molar-refractivity contribution in [3.05, 3.63) is 70.2 Å². The number of ether oxygens (including phenoxy) is 1. The number of amides is 1. The van der Waals surface area contributed by atoms with Crippen LogP contribution >= 0.6 is 0 Å². The summed E-state index contributed by atoms with van der Waals surface area (Å²) in [6, 6.07) is 9.29. The zero-order valence-electron chi connectivity index (χ0n) is 13.8. The Labute approximate surface area is 149 Å². The van der Waals surface area contributed by atoms with Gasteiger partial charge in [0.15, 0.2) is 0 Å². The number of aromatic nitrogens is 1. The van der Waals surface area contributed by atoms with E-state index in [4.69, 9.17) is 10.00 Å². The fourth-order valence-electron chi connectivity index (χ4n) is 1.99. The molecule has 0 unspecified atom stereocenters. The van der Waals surface area contributed by atoms with Gasteiger partial charge in [-0.05, 0) is 17.7 Å². The highest BCUT2D eigenvalue weighted by atomic mass is 16.6. The molecule has 0 bridgehead atoms. The predicted molar refractivity (Wildman–Crippen MR) is 93.1 cm³/mol. The molecule has 9 nitrogen and oxygen atoms in total. The molecule has 1 aromatic heterocycles. The summed E-state index contributed by atoms with van der Waals surface area (Å²) >= 11 is 0. The molecule has 1 amide bonds. The lowest BCUT2D eigenvalue weighted by Gasteiger charge is -2.08. The Hall–Kier alpha value is -3.93. The van der Waals surface area contributed by atoms with E-state index in [1.807, 2.05) is 0 Å². The van der Waals surface area contributed by atoms with Gasteiger partial charge in [-0.15, -0.1) is 0 Å². The molecule has 0 spiro atoms. The molecule has 1 heterocycles. The zero-order valence-corrected chi connectivity index (χ0v) is 13.8. The summed E-state index contributed by atoms with van der Waals surface area (Å²) in [6.45, 7) is 0.229. The molecule has 0 fully saturated rings. The maximum Gasteiger partial charge on any atom is 0.273 e. The number of nitriles is 1. The van der Waals surface area contributed by atoms with E-state index in [0.29, 0.717) is 5.69 Å². The minimum absolute atomic E-state index is 0.133. The summed E-state index contributed by atoms with van der Waals surface area (Å²) in [6.07, 6.45) is 4.44. The number of carbonyl (C=O) groups is 1. The standard InChI is InChI=1S/C17H15N5O4/c1-26-16-7-14(22(24)25)4-5-15(16)20-11-13(8-18)17(23)21-10-12-3-2-6-19-9-12/h2-7,9,11,20H,10H2,1H3,(H,21,23)/b13-11-. The van der Waals surface area contributed by atoms with Crippen LogP contribution in [0.25, 0.3) is 0 Å². The molecule has 2 aromatic rings. The van der Waals surface area contributed by atoms with Crippen molar-refractivity contribution in [1.82, 2.24) is 10.3 Å². The molecule has 2 rings (SSSR count). The first kappa shape index (κ1) is 18.4. The number of hydrogen-bond donors (Lipinski definition) is 2. The highest BCUT2D eigenvalue weighted by Gasteiger charge is 2.12. The lowest BCUT2D eigenvalue weighted by molar-refractivity contribution is -0.384. The predicted octanol–water partition coefficient (Wildman–Crippen LogP) is 2.13. The number of rotatable bonds is 7. The summed E-state index contributed by atoms with van der Waals surface area (Å²) in [5, 5.41) is 25.3. The van der Waals surface area contributed by atoms with Crippen LogP contribution in [0.3, 0.4) is 0 Å². The number of non-ortho nitro benzene ring substituents is 1. The normalized spacial score (nSPS) is 10.5. The number of nitrogens with zero attached hydrogens (tertiary/aromatic N) is 3. The number of nitro benzene ring substituents is 1. The molecule has 0 atom stereocenters. The molecular weight excluding hydrogens is 338 g/mol. The van der Waals surface area contributed by atoms with Crippen molar-refractivity contribution in [1.29, 1.82) is 5.26 Å². The molecule has 9 heteroatoms. The van der Waals surface area contributed by atoms with E-state index in [1.54, 1.807) is 30.6 Å². The van der Waals surface area contributed by atoms with E-state index >= 15 is 0 Å². The van der Waals surface area contributed by atoms with E-state index in [-0.39, 0.29) is 23.6 Å². The fraction of sp³-hybridized carbons (Fsp3) is 0.118. The molecule has 26 heavy (non-hydrogen) atoms. The van der Waals surface area contributed by atoms with Gasteiger partial charge in [-0.1, -0.05) is 6.07 Å². The molecule has 132 valence electrons. The SMILES string of the molecule is COc1cc([N+](=O)[O-])ccc1N/C=C(/C#N)C(=O)NCc1cccnc1. The number of anilines is 1. The topological polar surface area (TPSA) is 130 Å². The Kier molecular flexibility index (Phi) is 6.23. The maximum absolute atomic E-state index is 12.1. The summed E-state index contributed by atoms with van der Waals surface area (Å²) in [5.74, 6) is -0.353. The van der Waals surface area contributed by atoms with Crippen molar-refractivity contribution in [2.45, 2.75) is 6.54 Å². The average Bonchev–Trinajstić information content (AvgIpc) is 2.67. The minimum Gasteiger partial charge on any atom is -0.494 e. The largest absolute Gasteiger partial charge is 0.494 e. The van der Waals surface area contributed by atoms with Gasteiger partial charge in [-0.3, -0.25) is 19.9 Å². The van der Waals surface area contributed by atoms with E-state index in [1.165, 1.54) is 31.5 Å². The number of methoxy groups -OCH3 is 1. The smallest absolute Gasteiger partial charge is 0.273 e. The van der Waals surface area contributed by atoms with Crippen molar-refractivity contribution < 1.29 is 14.5 Å². The average molecular weight is 353 g/mol. The number of benzene rings is 1. The first-order valence-electron chi connectivity index (χ1n) is 7.41. The second-order valence-electron chi connectivity index (χ2n) is 5.00. The Morgan fingerprint density at radius 3 is 2.88 bits per heavy atom. The van der Waals surface area contributed by atoms with Crippen LogP contribution in [-0.4, -0.2) is 22.9 Å². The Morgan fingerprint density at radius 1 is 1.46 bits per heavy atom. The minimum atomic E-state index is -0.565. The van der Waals surface area contributed by atoms with Gasteiger partial charge in [-0.2, -0.15) is 5.26 Å². The number of nitrogens with one attached hydrogen (secondary N) is 2. The first-order valence-corrected chi connectivity index (χ1v) is 7.41. The van der Waals surface area contributed by atoms with Gasteiger partial charge in [-0.25, -0.2) is 0 Å². The van der Waals surface area contributed by atoms with Gasteiger partial charge in [0, 0.05) is 31.2 Å². The lowest BCUT2D eigenvalue weighted by Crippen LogP contribution is -2.24. The van der Waals surface area contributed by atoms with Gasteiger partial charge in [0.2, 0.25) is 0 Å². The van der Waals surface area contributed by atoms with Crippen LogP contribution < -0.4 is 15.4 Å². The summed E-state index contributed by atoms with van der Waals surface area (Å²) < 4.78 is 5.08. The van der Waals surface area contributed by atoms with Gasteiger partial charge >= 0.3 is 0 Å². The second-order valence-corrected chi connectivity index (χ2v) is 5.00. The van der Waals surface area contributed by atoms with Crippen LogP contribution in [0, 0.1) is 21.4 Å². The molecule has 0 aliphatic heterocycles. The van der Waals surface area contributed by atoms with Crippen LogP contribution in [0.2, 0.25) is 0 Å². The van der Waals surface area contributed by atoms with Gasteiger partial charge in [0.1, 0.15) is 17.4 Å². The summed E-state index contributed by atoms with van der Waals surface area (Å²) in [7, 11) is 1.36. The monoisotopic (exact) mass is 353 g/mol. The number of nitro groups is 1. The van der Waals surface area contributed by atoms with E-state index in [0.717, 1.165) is 5.56 Å². The Morgan fingerprint density at radius 2 is 2.27 bits per heavy atom. The number of pyridine rings is 1. The summed E-state index contributed by atoms with van der Waals surface area (Å²) in [5.41, 5.74) is 0.884. The summed E-state index contributed by atoms with van der Waals surface area (Å²) in [4.78, 5) is 26.3. The lowest BCUT2D eigenvalue weighted by atomic mass is 10.2. The van der Waals surface area contributed by atoms with Crippen molar-refractivity contribution >= 4 is 17.3 Å². The highest BCUT2D eigenvalue weighted by molar-refractivity contribution is 5.97. The zero-order chi connectivity index (χ0) is 18.9. The molecule has 2 N–H and O–H groups in total. The molecule has 1 aromatic carbocycles. The molecule has 0 aliphatic rings. The first-order chi connectivity index (χ1) is 12.5. The van der Waals surface area contributed by atoms with Crippen LogP contribution in [0.4, 0.5) is 11.4 Å². The third kappa shape index (κ3) is 4.78. The van der Waals surface area contributed by atoms with Crippen LogP contribution in [-0.2, 0) is 11.3 Å². The van der Waals surface area contributed by atoms with Crippen LogP contribution in [0.15, 0.2) is 54.5 Å². The molecule has 0 saturated heterocycles. The van der Waals surface area contributed by atoms with Crippen molar-refractivity contribution in [3.8, 4) is 11.8 Å². The van der Waals surface area contributed by atoms with E-state index in [2.05, 4.69) is 15.6 Å². The Bertz CT molecular complexity index is 874. The molecule has 0 saturated carbocycles. The molecule has 0 radical (unpaired) electrons. The van der Waals surface area contributed by atoms with Gasteiger partial charge < -0.3 is 15.4 Å². The maximum atomic E-state index is 12.1. The van der Waals surface area contributed by atoms with Gasteiger partial charge in [0.05, 0.1) is 23.8 Å².